The van der Waals surface area contributed by atoms with Gasteiger partial charge in [0.2, 0.25) is 5.72 Å². The Morgan fingerprint density at radius 1 is 1.09 bits per heavy atom. The van der Waals surface area contributed by atoms with Crippen LogP contribution in [0.4, 0.5) is 20.2 Å². The SMILES string of the molecule is Cc1cc([N+](=O)[O-])cc2c1OC1(C=C2)N(Cc2ccc(F)cc2F)c2ccccc2C1(C)C. The van der Waals surface area contributed by atoms with Crippen molar-refractivity contribution in [3.63, 3.8) is 0 Å². The molecule has 7 heteroatoms. The van der Waals surface area contributed by atoms with Gasteiger partial charge in [0.15, 0.2) is 0 Å². The van der Waals surface area contributed by atoms with Crippen LogP contribution in [-0.2, 0) is 12.0 Å². The molecule has 5 rings (SSSR count). The van der Waals surface area contributed by atoms with Crippen LogP contribution in [-0.4, -0.2) is 10.6 Å². The summed E-state index contributed by atoms with van der Waals surface area (Å²) >= 11 is 0. The van der Waals surface area contributed by atoms with Gasteiger partial charge in [0.25, 0.3) is 5.69 Å². The van der Waals surface area contributed by atoms with Crippen molar-refractivity contribution < 1.29 is 18.4 Å². The van der Waals surface area contributed by atoms with E-state index in [1.165, 1.54) is 24.3 Å². The molecule has 2 aliphatic heterocycles. The number of fused-ring (bicyclic) bond motifs is 2. The summed E-state index contributed by atoms with van der Waals surface area (Å²) < 4.78 is 34.9. The van der Waals surface area contributed by atoms with E-state index in [-0.39, 0.29) is 12.2 Å². The van der Waals surface area contributed by atoms with Crippen molar-refractivity contribution in [3.05, 3.63) is 105 Å². The van der Waals surface area contributed by atoms with Crippen molar-refractivity contribution >= 4 is 17.5 Å². The van der Waals surface area contributed by atoms with Crippen LogP contribution in [0, 0.1) is 28.7 Å². The van der Waals surface area contributed by atoms with Gasteiger partial charge in [0, 0.05) is 41.6 Å². The summed E-state index contributed by atoms with van der Waals surface area (Å²) in [6, 6.07) is 14.4. The van der Waals surface area contributed by atoms with Crippen molar-refractivity contribution in [1.82, 2.24) is 0 Å². The molecule has 0 saturated heterocycles. The Balaban J connectivity index is 1.68. The van der Waals surface area contributed by atoms with Gasteiger partial charge < -0.3 is 9.64 Å². The third kappa shape index (κ3) is 3.03. The first-order chi connectivity index (χ1) is 15.6. The van der Waals surface area contributed by atoms with Crippen LogP contribution in [0.15, 0.2) is 60.7 Å². The first-order valence-electron chi connectivity index (χ1n) is 10.6. The maximum Gasteiger partial charge on any atom is 0.270 e. The van der Waals surface area contributed by atoms with Gasteiger partial charge in [-0.2, -0.15) is 0 Å². The Morgan fingerprint density at radius 2 is 1.85 bits per heavy atom. The van der Waals surface area contributed by atoms with Crippen LogP contribution >= 0.6 is 0 Å². The third-order valence-corrected chi connectivity index (χ3v) is 6.75. The third-order valence-electron chi connectivity index (χ3n) is 6.75. The van der Waals surface area contributed by atoms with E-state index >= 15 is 0 Å². The Morgan fingerprint density at radius 3 is 2.58 bits per heavy atom. The molecule has 0 saturated carbocycles. The van der Waals surface area contributed by atoms with Gasteiger partial charge in [-0.25, -0.2) is 8.78 Å². The molecular formula is C26H22F2N2O3. The van der Waals surface area contributed by atoms with E-state index in [0.29, 0.717) is 22.4 Å². The van der Waals surface area contributed by atoms with Crippen molar-refractivity contribution in [2.45, 2.75) is 38.5 Å². The molecule has 0 aromatic heterocycles. The maximum absolute atomic E-state index is 14.7. The number of anilines is 1. The van der Waals surface area contributed by atoms with Gasteiger partial charge in [0.05, 0.1) is 10.3 Å². The summed E-state index contributed by atoms with van der Waals surface area (Å²) in [5.41, 5.74) is 1.93. The molecule has 3 aromatic carbocycles. The number of nitro benzene ring substituents is 1. The van der Waals surface area contributed by atoms with Gasteiger partial charge in [-0.1, -0.05) is 24.3 Å². The van der Waals surface area contributed by atoms with Gasteiger partial charge in [-0.15, -0.1) is 0 Å². The molecule has 3 aromatic rings. The Hall–Kier alpha value is -3.74. The predicted octanol–water partition coefficient (Wildman–Crippen LogP) is 6.28. The molecule has 1 spiro atoms. The molecule has 168 valence electrons. The quantitative estimate of drug-likeness (QED) is 0.349. The molecule has 2 heterocycles. The molecule has 1 atom stereocenters. The maximum atomic E-state index is 14.7. The van der Waals surface area contributed by atoms with Crippen molar-refractivity contribution in [2.75, 3.05) is 4.90 Å². The number of aryl methyl sites for hydroxylation is 1. The molecule has 0 aliphatic carbocycles. The summed E-state index contributed by atoms with van der Waals surface area (Å²) in [5, 5.41) is 11.3. The minimum Gasteiger partial charge on any atom is -0.462 e. The molecule has 0 N–H and O–H groups in total. The zero-order chi connectivity index (χ0) is 23.5. The highest BCUT2D eigenvalue weighted by Gasteiger charge is 2.59. The Bertz CT molecular complexity index is 1340. The number of para-hydroxylation sites is 1. The molecular weight excluding hydrogens is 426 g/mol. The summed E-state index contributed by atoms with van der Waals surface area (Å²) in [6.07, 6.45) is 3.72. The fourth-order valence-corrected chi connectivity index (χ4v) is 4.99. The van der Waals surface area contributed by atoms with Crippen LogP contribution < -0.4 is 9.64 Å². The summed E-state index contributed by atoms with van der Waals surface area (Å²) in [4.78, 5) is 12.9. The lowest BCUT2D eigenvalue weighted by molar-refractivity contribution is -0.384. The number of ether oxygens (including phenoxy) is 1. The van der Waals surface area contributed by atoms with E-state index in [9.17, 15) is 18.9 Å². The molecule has 0 radical (unpaired) electrons. The van der Waals surface area contributed by atoms with Crippen LogP contribution in [0.3, 0.4) is 0 Å². The van der Waals surface area contributed by atoms with Crippen molar-refractivity contribution in [3.8, 4) is 5.75 Å². The van der Waals surface area contributed by atoms with E-state index in [1.54, 1.807) is 6.92 Å². The monoisotopic (exact) mass is 448 g/mol. The summed E-state index contributed by atoms with van der Waals surface area (Å²) in [6.45, 7) is 6.04. The first kappa shape index (κ1) is 21.1. The standard InChI is InChI=1S/C26H22F2N2O3/c1-16-12-20(30(31)32)13-17-10-11-26(33-24(16)17)25(2,3)21-6-4-5-7-23(21)29(26)15-18-8-9-19(27)14-22(18)28/h4-14H,15H2,1-3H3. The van der Waals surface area contributed by atoms with Gasteiger partial charge >= 0.3 is 0 Å². The summed E-state index contributed by atoms with van der Waals surface area (Å²) in [5.74, 6) is -0.707. The zero-order valence-electron chi connectivity index (χ0n) is 18.4. The number of hydrogen-bond acceptors (Lipinski definition) is 4. The van der Waals surface area contributed by atoms with Crippen molar-refractivity contribution in [2.24, 2.45) is 0 Å². The smallest absolute Gasteiger partial charge is 0.270 e. The van der Waals surface area contributed by atoms with Crippen molar-refractivity contribution in [1.29, 1.82) is 0 Å². The average Bonchev–Trinajstić information content (AvgIpc) is 2.94. The lowest BCUT2D eigenvalue weighted by atomic mass is 9.76. The minimum absolute atomic E-state index is 0.00495. The molecule has 0 amide bonds. The highest BCUT2D eigenvalue weighted by molar-refractivity contribution is 5.74. The normalized spacial score (nSPS) is 19.8. The molecule has 0 fully saturated rings. The highest BCUT2D eigenvalue weighted by Crippen LogP contribution is 2.56. The highest BCUT2D eigenvalue weighted by atomic mass is 19.1. The second kappa shape index (κ2) is 7.13. The molecule has 33 heavy (non-hydrogen) atoms. The fourth-order valence-electron chi connectivity index (χ4n) is 4.99. The van der Waals surface area contributed by atoms with E-state index in [4.69, 9.17) is 4.74 Å². The van der Waals surface area contributed by atoms with Crippen LogP contribution in [0.2, 0.25) is 0 Å². The van der Waals surface area contributed by atoms with Gasteiger partial charge in [-0.05, 0) is 56.2 Å². The Labute approximate surface area is 190 Å². The predicted molar refractivity (Wildman–Crippen MR) is 122 cm³/mol. The number of nitro groups is 1. The number of rotatable bonds is 3. The number of hydrogen-bond donors (Lipinski definition) is 0. The van der Waals surface area contributed by atoms with E-state index in [1.807, 2.05) is 41.3 Å². The second-order valence-electron chi connectivity index (χ2n) is 9.03. The Kier molecular flexibility index (Phi) is 4.57. The lowest BCUT2D eigenvalue weighted by Crippen LogP contribution is -2.59. The number of non-ortho nitro benzene ring substituents is 1. The molecule has 2 aliphatic rings. The van der Waals surface area contributed by atoms with Crippen LogP contribution in [0.1, 0.15) is 36.1 Å². The topological polar surface area (TPSA) is 55.6 Å². The number of benzene rings is 3. The molecule has 1 unspecified atom stereocenters. The average molecular weight is 448 g/mol. The number of nitrogens with zero attached hydrogens (tertiary/aromatic N) is 2. The van der Waals surface area contributed by atoms with E-state index in [0.717, 1.165) is 17.3 Å². The molecule has 5 nitrogen and oxygen atoms in total. The van der Waals surface area contributed by atoms with E-state index < -0.39 is 27.7 Å². The van der Waals surface area contributed by atoms with E-state index in [2.05, 4.69) is 13.8 Å². The second-order valence-corrected chi connectivity index (χ2v) is 9.03. The summed E-state index contributed by atoms with van der Waals surface area (Å²) in [7, 11) is 0. The van der Waals surface area contributed by atoms with Crippen LogP contribution in [0.25, 0.3) is 6.08 Å². The largest absolute Gasteiger partial charge is 0.462 e. The minimum atomic E-state index is -1.02. The first-order valence-corrected chi connectivity index (χ1v) is 10.6. The lowest BCUT2D eigenvalue weighted by Gasteiger charge is -2.47. The number of halogens is 2. The van der Waals surface area contributed by atoms with Gasteiger partial charge in [0.1, 0.15) is 17.4 Å². The van der Waals surface area contributed by atoms with Crippen LogP contribution in [0.5, 0.6) is 5.75 Å². The van der Waals surface area contributed by atoms with Gasteiger partial charge in [-0.3, -0.25) is 10.1 Å². The molecule has 0 bridgehead atoms. The fraction of sp³-hybridized carbons (Fsp3) is 0.231. The zero-order valence-corrected chi connectivity index (χ0v) is 18.4.